The molecule has 204 valence electrons. The fourth-order valence-corrected chi connectivity index (χ4v) is 4.36. The number of benzene rings is 4. The molecule has 0 bridgehead atoms. The third-order valence-electron chi connectivity index (χ3n) is 5.16. The molecule has 0 aliphatic carbocycles. The van der Waals surface area contributed by atoms with Crippen molar-refractivity contribution >= 4 is 26.6 Å². The SMILES string of the molecule is C=S(=O)(F)Oc1ccc(OC(Oc2ccc(OS(=O)(=O)F)cc2)c2ccccc2-c2ccccc2OC)cc1. The van der Waals surface area contributed by atoms with Crippen molar-refractivity contribution in [3.8, 4) is 39.9 Å². The van der Waals surface area contributed by atoms with Crippen LogP contribution >= 0.6 is 0 Å². The molecule has 2 unspecified atom stereocenters. The Morgan fingerprint density at radius 3 is 1.62 bits per heavy atom. The largest absolute Gasteiger partial charge is 0.496 e. The summed E-state index contributed by atoms with van der Waals surface area (Å²) in [4.78, 5) is 0. The van der Waals surface area contributed by atoms with Crippen molar-refractivity contribution in [2.75, 3.05) is 7.11 Å². The van der Waals surface area contributed by atoms with Gasteiger partial charge >= 0.3 is 10.5 Å². The zero-order valence-corrected chi connectivity index (χ0v) is 22.0. The minimum Gasteiger partial charge on any atom is -0.496 e. The summed E-state index contributed by atoms with van der Waals surface area (Å²) in [5.41, 5.74) is 2.10. The number of methoxy groups -OCH3 is 1. The molecule has 0 aromatic heterocycles. The first kappa shape index (κ1) is 27.7. The Morgan fingerprint density at radius 1 is 0.641 bits per heavy atom. The minimum atomic E-state index is -5.19. The van der Waals surface area contributed by atoms with E-state index in [0.29, 0.717) is 17.1 Å². The van der Waals surface area contributed by atoms with Crippen molar-refractivity contribution in [3.63, 3.8) is 0 Å². The lowest BCUT2D eigenvalue weighted by molar-refractivity contribution is 0.00421. The van der Waals surface area contributed by atoms with E-state index in [1.807, 2.05) is 36.4 Å². The molecule has 0 aliphatic heterocycles. The third-order valence-corrected chi connectivity index (χ3v) is 5.99. The molecule has 4 rings (SSSR count). The van der Waals surface area contributed by atoms with Crippen LogP contribution in [0.4, 0.5) is 7.77 Å². The number of hydrogen-bond acceptors (Lipinski definition) is 8. The highest BCUT2D eigenvalue weighted by Crippen LogP contribution is 2.37. The van der Waals surface area contributed by atoms with Gasteiger partial charge in [-0.3, -0.25) is 0 Å². The standard InChI is InChI=1S/C27H22F2O8S2/c1-33-26-10-6-5-8-24(26)23-7-3-4-9-25(23)27(34-19-11-15-21(16-12-19)36-38(2,28)30)35-20-13-17-22(18-14-20)37-39(29,31)32/h3-18,27H,2H2,1H3. The first-order valence-electron chi connectivity index (χ1n) is 11.2. The molecule has 12 heteroatoms. The molecule has 0 heterocycles. The van der Waals surface area contributed by atoms with Crippen molar-refractivity contribution in [2.24, 2.45) is 0 Å². The third kappa shape index (κ3) is 7.85. The van der Waals surface area contributed by atoms with Crippen LogP contribution in [0, 0.1) is 0 Å². The lowest BCUT2D eigenvalue weighted by atomic mass is 9.98. The molecular formula is C27H22F2O8S2. The smallest absolute Gasteiger partial charge is 0.488 e. The second-order valence-electron chi connectivity index (χ2n) is 7.90. The van der Waals surface area contributed by atoms with Gasteiger partial charge in [-0.05, 0) is 60.2 Å². The van der Waals surface area contributed by atoms with E-state index in [2.05, 4.69) is 14.2 Å². The van der Waals surface area contributed by atoms with Gasteiger partial charge in [0.1, 0.15) is 28.7 Å². The van der Waals surface area contributed by atoms with Gasteiger partial charge in [0.05, 0.1) is 7.11 Å². The highest BCUT2D eigenvalue weighted by atomic mass is 32.3. The van der Waals surface area contributed by atoms with E-state index in [1.54, 1.807) is 19.2 Å². The Kier molecular flexibility index (Phi) is 8.27. The summed E-state index contributed by atoms with van der Waals surface area (Å²) >= 11 is 0. The van der Waals surface area contributed by atoms with Crippen molar-refractivity contribution in [1.29, 1.82) is 0 Å². The van der Waals surface area contributed by atoms with Crippen LogP contribution in [0.25, 0.3) is 11.1 Å². The number of rotatable bonds is 11. The number of hydrogen-bond donors (Lipinski definition) is 0. The Morgan fingerprint density at radius 2 is 1.10 bits per heavy atom. The average molecular weight is 577 g/mol. The molecule has 0 amide bonds. The first-order valence-corrected chi connectivity index (χ1v) is 14.0. The molecule has 0 saturated heterocycles. The quantitative estimate of drug-likeness (QED) is 0.122. The average Bonchev–Trinajstić information content (AvgIpc) is 2.89. The van der Waals surface area contributed by atoms with E-state index in [-0.39, 0.29) is 17.2 Å². The number of para-hydroxylation sites is 1. The lowest BCUT2D eigenvalue weighted by Gasteiger charge is -2.24. The fraction of sp³-hybridized carbons (Fsp3) is 0.0741. The van der Waals surface area contributed by atoms with Crippen LogP contribution < -0.4 is 22.6 Å². The molecule has 0 fully saturated rings. The van der Waals surface area contributed by atoms with Crippen LogP contribution in [0.5, 0.6) is 28.7 Å². The second kappa shape index (κ2) is 11.6. The van der Waals surface area contributed by atoms with Gasteiger partial charge in [0.25, 0.3) is 16.5 Å². The molecule has 0 radical (unpaired) electrons. The van der Waals surface area contributed by atoms with Gasteiger partial charge in [0, 0.05) is 17.0 Å². The van der Waals surface area contributed by atoms with Crippen LogP contribution in [0.3, 0.4) is 0 Å². The van der Waals surface area contributed by atoms with E-state index < -0.39 is 27.0 Å². The molecule has 0 saturated carbocycles. The van der Waals surface area contributed by atoms with Gasteiger partial charge in [-0.15, -0.1) is 3.89 Å². The van der Waals surface area contributed by atoms with Gasteiger partial charge in [-0.1, -0.05) is 46.4 Å². The summed E-state index contributed by atoms with van der Waals surface area (Å²) < 4.78 is 85.6. The maximum Gasteiger partial charge on any atom is 0.488 e. The molecular weight excluding hydrogens is 554 g/mol. The lowest BCUT2D eigenvalue weighted by Crippen LogP contribution is -2.16. The summed E-state index contributed by atoms with van der Waals surface area (Å²) in [6, 6.07) is 25.5. The summed E-state index contributed by atoms with van der Waals surface area (Å²) in [5.74, 6) is 3.70. The van der Waals surface area contributed by atoms with Crippen molar-refractivity contribution in [1.82, 2.24) is 0 Å². The van der Waals surface area contributed by atoms with Gasteiger partial charge in [-0.2, -0.15) is 12.6 Å². The summed E-state index contributed by atoms with van der Waals surface area (Å²) in [5, 5.41) is 0. The van der Waals surface area contributed by atoms with Crippen molar-refractivity contribution < 1.29 is 43.0 Å². The van der Waals surface area contributed by atoms with Gasteiger partial charge in [0.15, 0.2) is 0 Å². The topological polar surface area (TPSA) is 97.4 Å². The van der Waals surface area contributed by atoms with E-state index in [4.69, 9.17) is 14.2 Å². The van der Waals surface area contributed by atoms with Crippen LogP contribution in [0.1, 0.15) is 11.9 Å². The van der Waals surface area contributed by atoms with E-state index in [0.717, 1.165) is 11.1 Å². The molecule has 0 aliphatic rings. The van der Waals surface area contributed by atoms with Crippen molar-refractivity contribution in [2.45, 2.75) is 6.29 Å². The zero-order chi connectivity index (χ0) is 28.0. The Hall–Kier alpha value is -4.29. The van der Waals surface area contributed by atoms with Gasteiger partial charge in [0.2, 0.25) is 0 Å². The normalized spacial score (nSPS) is 13.5. The molecule has 4 aromatic rings. The maximum absolute atomic E-state index is 13.3. The predicted octanol–water partition coefficient (Wildman–Crippen LogP) is 6.01. The summed E-state index contributed by atoms with van der Waals surface area (Å²) in [7, 11) is -7.84. The van der Waals surface area contributed by atoms with Crippen molar-refractivity contribution in [3.05, 3.63) is 103 Å². The zero-order valence-electron chi connectivity index (χ0n) is 20.4. The Bertz CT molecular complexity index is 1560. The fourth-order valence-electron chi connectivity index (χ4n) is 3.62. The summed E-state index contributed by atoms with van der Waals surface area (Å²) in [6.07, 6.45) is -1.08. The minimum absolute atomic E-state index is 0.0184. The van der Waals surface area contributed by atoms with E-state index in [1.165, 1.54) is 48.5 Å². The van der Waals surface area contributed by atoms with Crippen LogP contribution in [-0.4, -0.2) is 25.6 Å². The molecule has 39 heavy (non-hydrogen) atoms. The van der Waals surface area contributed by atoms with Gasteiger partial charge < -0.3 is 22.6 Å². The molecule has 8 nitrogen and oxygen atoms in total. The molecule has 0 spiro atoms. The molecule has 2 atom stereocenters. The number of ether oxygens (including phenoxy) is 3. The first-order chi connectivity index (χ1) is 18.5. The summed E-state index contributed by atoms with van der Waals surface area (Å²) in [6.45, 7) is 0. The maximum atomic E-state index is 13.3. The monoisotopic (exact) mass is 576 g/mol. The van der Waals surface area contributed by atoms with Crippen LogP contribution in [-0.2, 0) is 20.7 Å². The Labute approximate surface area is 225 Å². The number of halogens is 2. The highest BCUT2D eigenvalue weighted by Gasteiger charge is 2.22. The van der Waals surface area contributed by atoms with E-state index in [9.17, 15) is 20.4 Å². The van der Waals surface area contributed by atoms with Crippen LogP contribution in [0.2, 0.25) is 0 Å². The Balaban J connectivity index is 1.71. The second-order valence-corrected chi connectivity index (χ2v) is 10.1. The molecule has 0 N–H and O–H groups in total. The molecule has 4 aromatic carbocycles. The highest BCUT2D eigenvalue weighted by molar-refractivity contribution is 7.91. The predicted molar refractivity (Wildman–Crippen MR) is 143 cm³/mol. The van der Waals surface area contributed by atoms with E-state index >= 15 is 0 Å². The van der Waals surface area contributed by atoms with Gasteiger partial charge in [-0.25, -0.2) is 0 Å². The van der Waals surface area contributed by atoms with Crippen LogP contribution in [0.15, 0.2) is 97.1 Å².